The standard InChI is InChI=1S/C11H22N2O2S/c12-9-11(3-1-4-11)10-13-5-2-7-16(14,15)8-6-13/h1-10,12H2. The van der Waals surface area contributed by atoms with Gasteiger partial charge in [0.25, 0.3) is 0 Å². The van der Waals surface area contributed by atoms with Gasteiger partial charge in [-0.1, -0.05) is 6.42 Å². The topological polar surface area (TPSA) is 63.4 Å². The highest BCUT2D eigenvalue weighted by molar-refractivity contribution is 7.91. The molecule has 1 aliphatic carbocycles. The number of nitrogens with zero attached hydrogens (tertiary/aromatic N) is 1. The van der Waals surface area contributed by atoms with Gasteiger partial charge in [-0.25, -0.2) is 8.42 Å². The molecule has 2 rings (SSSR count). The van der Waals surface area contributed by atoms with Crippen LogP contribution in [0.1, 0.15) is 25.7 Å². The second kappa shape index (κ2) is 4.63. The summed E-state index contributed by atoms with van der Waals surface area (Å²) in [7, 11) is -2.78. The van der Waals surface area contributed by atoms with Crippen LogP contribution in [0.25, 0.3) is 0 Å². The van der Waals surface area contributed by atoms with Gasteiger partial charge in [0.1, 0.15) is 0 Å². The molecular formula is C11H22N2O2S. The Morgan fingerprint density at radius 1 is 1.12 bits per heavy atom. The van der Waals surface area contributed by atoms with Crippen LogP contribution in [0.5, 0.6) is 0 Å². The van der Waals surface area contributed by atoms with Gasteiger partial charge in [0.2, 0.25) is 0 Å². The Hall–Kier alpha value is -0.130. The molecule has 1 saturated carbocycles. The Bertz CT molecular complexity index is 330. The van der Waals surface area contributed by atoms with Crippen LogP contribution in [0, 0.1) is 5.41 Å². The Morgan fingerprint density at radius 3 is 2.44 bits per heavy atom. The molecule has 0 atom stereocenters. The Balaban J connectivity index is 1.91. The average Bonchev–Trinajstić information content (AvgIpc) is 2.34. The molecule has 1 aliphatic heterocycles. The van der Waals surface area contributed by atoms with Crippen LogP contribution < -0.4 is 5.73 Å². The summed E-state index contributed by atoms with van der Waals surface area (Å²) in [5.41, 5.74) is 6.13. The van der Waals surface area contributed by atoms with Crippen molar-refractivity contribution < 1.29 is 8.42 Å². The third-order valence-electron chi connectivity index (χ3n) is 4.05. The molecule has 0 amide bonds. The Kier molecular flexibility index (Phi) is 3.56. The summed E-state index contributed by atoms with van der Waals surface area (Å²) in [6, 6.07) is 0. The Morgan fingerprint density at radius 2 is 1.88 bits per heavy atom. The molecule has 5 heteroatoms. The molecule has 2 N–H and O–H groups in total. The van der Waals surface area contributed by atoms with Crippen molar-refractivity contribution in [3.63, 3.8) is 0 Å². The molecule has 0 spiro atoms. The highest BCUT2D eigenvalue weighted by atomic mass is 32.2. The smallest absolute Gasteiger partial charge is 0.151 e. The lowest BCUT2D eigenvalue weighted by Crippen LogP contribution is -2.47. The lowest BCUT2D eigenvalue weighted by molar-refractivity contribution is 0.0787. The first-order chi connectivity index (χ1) is 7.55. The van der Waals surface area contributed by atoms with Crippen LogP contribution in [0.2, 0.25) is 0 Å². The summed E-state index contributed by atoms with van der Waals surface area (Å²) >= 11 is 0. The van der Waals surface area contributed by atoms with E-state index in [1.54, 1.807) is 0 Å². The molecule has 2 aliphatic rings. The zero-order chi connectivity index (χ0) is 11.6. The molecule has 4 nitrogen and oxygen atoms in total. The molecule has 0 bridgehead atoms. The van der Waals surface area contributed by atoms with E-state index in [2.05, 4.69) is 4.90 Å². The summed E-state index contributed by atoms with van der Waals surface area (Å²) in [6.45, 7) is 3.36. The van der Waals surface area contributed by atoms with Crippen molar-refractivity contribution in [3.05, 3.63) is 0 Å². The number of nitrogens with two attached hydrogens (primary N) is 1. The summed E-state index contributed by atoms with van der Waals surface area (Å²) in [5.74, 6) is 0.687. The highest BCUT2D eigenvalue weighted by Gasteiger charge is 2.37. The summed E-state index contributed by atoms with van der Waals surface area (Å²) in [5, 5.41) is 0. The van der Waals surface area contributed by atoms with Crippen molar-refractivity contribution in [1.29, 1.82) is 0 Å². The number of sulfone groups is 1. The Labute approximate surface area is 98.1 Å². The van der Waals surface area contributed by atoms with Crippen LogP contribution in [0.4, 0.5) is 0 Å². The number of hydrogen-bond donors (Lipinski definition) is 1. The molecular weight excluding hydrogens is 224 g/mol. The van der Waals surface area contributed by atoms with Crippen molar-refractivity contribution in [1.82, 2.24) is 4.90 Å². The highest BCUT2D eigenvalue weighted by Crippen LogP contribution is 2.40. The molecule has 1 saturated heterocycles. The first kappa shape index (κ1) is 12.3. The summed E-state index contributed by atoms with van der Waals surface area (Å²) in [4.78, 5) is 2.30. The largest absolute Gasteiger partial charge is 0.330 e. The van der Waals surface area contributed by atoms with Gasteiger partial charge in [-0.3, -0.25) is 0 Å². The van der Waals surface area contributed by atoms with Crippen LogP contribution >= 0.6 is 0 Å². The van der Waals surface area contributed by atoms with E-state index in [9.17, 15) is 8.42 Å². The maximum absolute atomic E-state index is 11.5. The van der Waals surface area contributed by atoms with Gasteiger partial charge in [0.15, 0.2) is 9.84 Å². The molecule has 0 aromatic carbocycles. The monoisotopic (exact) mass is 246 g/mol. The molecule has 0 aromatic heterocycles. The minimum absolute atomic E-state index is 0.300. The average molecular weight is 246 g/mol. The van der Waals surface area contributed by atoms with Gasteiger partial charge >= 0.3 is 0 Å². The van der Waals surface area contributed by atoms with E-state index in [4.69, 9.17) is 5.73 Å². The van der Waals surface area contributed by atoms with Crippen molar-refractivity contribution >= 4 is 9.84 Å². The second-order valence-electron chi connectivity index (χ2n) is 5.34. The van der Waals surface area contributed by atoms with Gasteiger partial charge in [0.05, 0.1) is 11.5 Å². The zero-order valence-corrected chi connectivity index (χ0v) is 10.6. The van der Waals surface area contributed by atoms with E-state index in [-0.39, 0.29) is 0 Å². The van der Waals surface area contributed by atoms with E-state index in [1.165, 1.54) is 19.3 Å². The molecule has 0 unspecified atom stereocenters. The van der Waals surface area contributed by atoms with E-state index in [1.807, 2.05) is 0 Å². The lowest BCUT2D eigenvalue weighted by Gasteiger charge is -2.44. The fraction of sp³-hybridized carbons (Fsp3) is 1.00. The molecule has 0 radical (unpaired) electrons. The molecule has 94 valence electrons. The molecule has 16 heavy (non-hydrogen) atoms. The van der Waals surface area contributed by atoms with Crippen molar-refractivity contribution in [2.75, 3.05) is 37.7 Å². The van der Waals surface area contributed by atoms with Crippen LogP contribution in [0.15, 0.2) is 0 Å². The van der Waals surface area contributed by atoms with Gasteiger partial charge in [-0.15, -0.1) is 0 Å². The van der Waals surface area contributed by atoms with Crippen LogP contribution in [-0.2, 0) is 9.84 Å². The second-order valence-corrected chi connectivity index (χ2v) is 7.64. The lowest BCUT2D eigenvalue weighted by atomic mass is 9.68. The third-order valence-corrected chi connectivity index (χ3v) is 5.77. The van der Waals surface area contributed by atoms with Gasteiger partial charge < -0.3 is 10.6 Å². The maximum Gasteiger partial charge on any atom is 0.151 e. The van der Waals surface area contributed by atoms with E-state index in [0.29, 0.717) is 23.5 Å². The minimum atomic E-state index is -2.78. The van der Waals surface area contributed by atoms with Gasteiger partial charge in [-0.2, -0.15) is 0 Å². The fourth-order valence-corrected chi connectivity index (χ4v) is 4.04. The summed E-state index contributed by atoms with van der Waals surface area (Å²) < 4.78 is 23.0. The van der Waals surface area contributed by atoms with Crippen molar-refractivity contribution in [3.8, 4) is 0 Å². The zero-order valence-electron chi connectivity index (χ0n) is 9.82. The molecule has 1 heterocycles. The number of hydrogen-bond acceptors (Lipinski definition) is 4. The predicted octanol–water partition coefficient (Wildman–Crippen LogP) is 0.236. The molecule has 0 aromatic rings. The van der Waals surface area contributed by atoms with Crippen LogP contribution in [-0.4, -0.2) is 51.0 Å². The minimum Gasteiger partial charge on any atom is -0.330 e. The summed E-state index contributed by atoms with van der Waals surface area (Å²) in [6.07, 6.45) is 4.49. The van der Waals surface area contributed by atoms with E-state index in [0.717, 1.165) is 26.1 Å². The third kappa shape index (κ3) is 2.76. The van der Waals surface area contributed by atoms with Crippen molar-refractivity contribution in [2.24, 2.45) is 11.1 Å². The predicted molar refractivity (Wildman–Crippen MR) is 65.0 cm³/mol. The first-order valence-corrected chi connectivity index (χ1v) is 8.00. The van der Waals surface area contributed by atoms with Gasteiger partial charge in [0, 0.05) is 13.1 Å². The van der Waals surface area contributed by atoms with Gasteiger partial charge in [-0.05, 0) is 37.8 Å². The van der Waals surface area contributed by atoms with Crippen molar-refractivity contribution in [2.45, 2.75) is 25.7 Å². The maximum atomic E-state index is 11.5. The normalized spacial score (nSPS) is 29.3. The van der Waals surface area contributed by atoms with E-state index >= 15 is 0 Å². The molecule has 2 fully saturated rings. The van der Waals surface area contributed by atoms with Crippen LogP contribution in [0.3, 0.4) is 0 Å². The quantitative estimate of drug-likeness (QED) is 0.774. The van der Waals surface area contributed by atoms with E-state index < -0.39 is 9.84 Å². The fourth-order valence-electron chi connectivity index (χ4n) is 2.73. The first-order valence-electron chi connectivity index (χ1n) is 6.18. The number of rotatable bonds is 3. The SMILES string of the molecule is NCC1(CN2CCCS(=O)(=O)CC2)CCC1.